The van der Waals surface area contributed by atoms with Gasteiger partial charge < -0.3 is 4.74 Å². The minimum Gasteiger partial charge on any atom is -0.380 e. The van der Waals surface area contributed by atoms with Crippen LogP contribution in [-0.4, -0.2) is 18.9 Å². The first-order valence-corrected chi connectivity index (χ1v) is 8.10. The van der Waals surface area contributed by atoms with Gasteiger partial charge in [-0.1, -0.05) is 45.0 Å². The summed E-state index contributed by atoms with van der Waals surface area (Å²) < 4.78 is 5.05. The molecule has 0 saturated carbocycles. The highest BCUT2D eigenvalue weighted by Crippen LogP contribution is 2.22. The van der Waals surface area contributed by atoms with E-state index in [2.05, 4.69) is 31.6 Å². The standard InChI is InChI=1S/C20H24N2O3/c1-20(2,3)17-10-8-15(9-11-17)18(23)21-22-19(24)16-7-5-6-14(12-16)13-25-4/h5-12H,13H2,1-4H3,(H,21,23)(H,22,24). The second-order valence-corrected chi connectivity index (χ2v) is 6.87. The molecule has 0 aliphatic rings. The molecule has 2 aromatic rings. The number of nitrogens with one attached hydrogen (secondary N) is 2. The van der Waals surface area contributed by atoms with Gasteiger partial charge in [0.25, 0.3) is 11.8 Å². The highest BCUT2D eigenvalue weighted by molar-refractivity contribution is 5.99. The van der Waals surface area contributed by atoms with Crippen LogP contribution in [0.25, 0.3) is 0 Å². The molecule has 2 amide bonds. The zero-order valence-electron chi connectivity index (χ0n) is 15.1. The van der Waals surface area contributed by atoms with Crippen molar-refractivity contribution in [3.8, 4) is 0 Å². The molecule has 5 nitrogen and oxygen atoms in total. The second kappa shape index (κ2) is 7.94. The molecule has 0 unspecified atom stereocenters. The Kier molecular flexibility index (Phi) is 5.93. The van der Waals surface area contributed by atoms with Crippen LogP contribution in [0, 0.1) is 0 Å². The average molecular weight is 340 g/mol. The predicted molar refractivity (Wildman–Crippen MR) is 97.2 cm³/mol. The molecule has 0 bridgehead atoms. The molecule has 2 aromatic carbocycles. The predicted octanol–water partition coefficient (Wildman–Crippen LogP) is 3.21. The largest absolute Gasteiger partial charge is 0.380 e. The van der Waals surface area contributed by atoms with Crippen molar-refractivity contribution in [2.45, 2.75) is 32.8 Å². The van der Waals surface area contributed by atoms with E-state index in [1.165, 1.54) is 0 Å². The highest BCUT2D eigenvalue weighted by Gasteiger charge is 2.14. The molecule has 2 rings (SSSR count). The fourth-order valence-corrected chi connectivity index (χ4v) is 2.35. The van der Waals surface area contributed by atoms with Crippen LogP contribution in [0.15, 0.2) is 48.5 Å². The van der Waals surface area contributed by atoms with Crippen molar-refractivity contribution in [1.82, 2.24) is 10.9 Å². The first-order chi connectivity index (χ1) is 11.8. The second-order valence-electron chi connectivity index (χ2n) is 6.87. The van der Waals surface area contributed by atoms with E-state index in [-0.39, 0.29) is 17.2 Å². The molecule has 0 spiro atoms. The quantitative estimate of drug-likeness (QED) is 0.840. The van der Waals surface area contributed by atoms with Crippen molar-refractivity contribution in [3.63, 3.8) is 0 Å². The monoisotopic (exact) mass is 340 g/mol. The Hall–Kier alpha value is -2.66. The lowest BCUT2D eigenvalue weighted by Gasteiger charge is -2.19. The number of hydrogen-bond donors (Lipinski definition) is 2. The molecule has 0 aromatic heterocycles. The van der Waals surface area contributed by atoms with E-state index in [1.807, 2.05) is 18.2 Å². The highest BCUT2D eigenvalue weighted by atomic mass is 16.5. The minimum atomic E-state index is -0.377. The fraction of sp³-hybridized carbons (Fsp3) is 0.300. The molecular weight excluding hydrogens is 316 g/mol. The Morgan fingerprint density at radius 2 is 1.52 bits per heavy atom. The van der Waals surface area contributed by atoms with Crippen molar-refractivity contribution in [3.05, 3.63) is 70.8 Å². The number of ether oxygens (including phenoxy) is 1. The lowest BCUT2D eigenvalue weighted by atomic mass is 9.87. The topological polar surface area (TPSA) is 67.4 Å². The fourth-order valence-electron chi connectivity index (χ4n) is 2.35. The van der Waals surface area contributed by atoms with E-state index in [9.17, 15) is 9.59 Å². The molecule has 0 aliphatic heterocycles. The molecular formula is C20H24N2O3. The summed E-state index contributed by atoms with van der Waals surface area (Å²) in [6.45, 7) is 6.76. The van der Waals surface area contributed by atoms with Crippen molar-refractivity contribution in [2.75, 3.05) is 7.11 Å². The van der Waals surface area contributed by atoms with Gasteiger partial charge >= 0.3 is 0 Å². The molecule has 0 saturated heterocycles. The summed E-state index contributed by atoms with van der Waals surface area (Å²) in [5.74, 6) is -0.737. The van der Waals surface area contributed by atoms with Gasteiger partial charge in [-0.25, -0.2) is 0 Å². The first kappa shape index (κ1) is 18.7. The summed E-state index contributed by atoms with van der Waals surface area (Å²) in [6.07, 6.45) is 0. The van der Waals surface area contributed by atoms with Crippen LogP contribution in [0.4, 0.5) is 0 Å². The Morgan fingerprint density at radius 3 is 2.08 bits per heavy atom. The Morgan fingerprint density at radius 1 is 0.920 bits per heavy atom. The zero-order chi connectivity index (χ0) is 18.4. The van der Waals surface area contributed by atoms with Gasteiger partial charge in [0.1, 0.15) is 0 Å². The van der Waals surface area contributed by atoms with Crippen molar-refractivity contribution >= 4 is 11.8 Å². The number of methoxy groups -OCH3 is 1. The molecule has 132 valence electrons. The van der Waals surface area contributed by atoms with Crippen molar-refractivity contribution < 1.29 is 14.3 Å². The van der Waals surface area contributed by atoms with Crippen LogP contribution < -0.4 is 10.9 Å². The third kappa shape index (κ3) is 5.16. The third-order valence-electron chi connectivity index (χ3n) is 3.80. The molecule has 0 fully saturated rings. The normalized spacial score (nSPS) is 11.0. The smallest absolute Gasteiger partial charge is 0.269 e. The third-order valence-corrected chi connectivity index (χ3v) is 3.80. The van der Waals surface area contributed by atoms with Crippen LogP contribution in [0.5, 0.6) is 0 Å². The van der Waals surface area contributed by atoms with Crippen molar-refractivity contribution in [2.24, 2.45) is 0 Å². The zero-order valence-corrected chi connectivity index (χ0v) is 15.1. The van der Waals surface area contributed by atoms with Crippen LogP contribution in [-0.2, 0) is 16.8 Å². The number of carbonyl (C=O) groups excluding carboxylic acids is 2. The van der Waals surface area contributed by atoms with E-state index in [0.717, 1.165) is 11.1 Å². The van der Waals surface area contributed by atoms with Gasteiger partial charge in [0.2, 0.25) is 0 Å². The van der Waals surface area contributed by atoms with Gasteiger partial charge in [0.15, 0.2) is 0 Å². The number of hydrazine groups is 1. The maximum Gasteiger partial charge on any atom is 0.269 e. The summed E-state index contributed by atoms with van der Waals surface area (Å²) in [5.41, 5.74) is 7.87. The van der Waals surface area contributed by atoms with Crippen LogP contribution >= 0.6 is 0 Å². The van der Waals surface area contributed by atoms with Gasteiger partial charge in [-0.3, -0.25) is 20.4 Å². The van der Waals surface area contributed by atoms with Crippen LogP contribution in [0.2, 0.25) is 0 Å². The van der Waals surface area contributed by atoms with Gasteiger partial charge in [-0.05, 0) is 40.8 Å². The van der Waals surface area contributed by atoms with Gasteiger partial charge in [0, 0.05) is 18.2 Å². The molecule has 5 heteroatoms. The van der Waals surface area contributed by atoms with E-state index in [4.69, 9.17) is 4.74 Å². The molecule has 0 heterocycles. The van der Waals surface area contributed by atoms with Gasteiger partial charge in [-0.15, -0.1) is 0 Å². The minimum absolute atomic E-state index is 0.0242. The number of carbonyl (C=O) groups is 2. The summed E-state index contributed by atoms with van der Waals surface area (Å²) >= 11 is 0. The number of benzene rings is 2. The van der Waals surface area contributed by atoms with Gasteiger partial charge in [-0.2, -0.15) is 0 Å². The molecule has 0 atom stereocenters. The first-order valence-electron chi connectivity index (χ1n) is 8.10. The average Bonchev–Trinajstić information content (AvgIpc) is 2.59. The Labute approximate surface area is 148 Å². The van der Waals surface area contributed by atoms with E-state index in [1.54, 1.807) is 37.4 Å². The summed E-state index contributed by atoms with van der Waals surface area (Å²) in [5, 5.41) is 0. The SMILES string of the molecule is COCc1cccc(C(=O)NNC(=O)c2ccc(C(C)(C)C)cc2)c1. The maximum absolute atomic E-state index is 12.2. The molecule has 2 N–H and O–H groups in total. The van der Waals surface area contributed by atoms with Crippen LogP contribution in [0.1, 0.15) is 52.6 Å². The molecule has 25 heavy (non-hydrogen) atoms. The number of hydrogen-bond acceptors (Lipinski definition) is 3. The molecule has 0 radical (unpaired) electrons. The Bertz CT molecular complexity index is 746. The van der Waals surface area contributed by atoms with Gasteiger partial charge in [0.05, 0.1) is 6.61 Å². The summed E-state index contributed by atoms with van der Waals surface area (Å²) in [7, 11) is 1.60. The lowest BCUT2D eigenvalue weighted by Crippen LogP contribution is -2.41. The van der Waals surface area contributed by atoms with Crippen LogP contribution in [0.3, 0.4) is 0 Å². The van der Waals surface area contributed by atoms with Crippen molar-refractivity contribution in [1.29, 1.82) is 0 Å². The molecule has 0 aliphatic carbocycles. The number of rotatable bonds is 4. The number of amides is 2. The Balaban J connectivity index is 1.97. The lowest BCUT2D eigenvalue weighted by molar-refractivity contribution is 0.0846. The van der Waals surface area contributed by atoms with E-state index < -0.39 is 0 Å². The summed E-state index contributed by atoms with van der Waals surface area (Å²) in [4.78, 5) is 24.3. The summed E-state index contributed by atoms with van der Waals surface area (Å²) in [6, 6.07) is 14.4. The maximum atomic E-state index is 12.2. The van der Waals surface area contributed by atoms with E-state index >= 15 is 0 Å². The van der Waals surface area contributed by atoms with E-state index in [0.29, 0.717) is 17.7 Å².